The smallest absolute Gasteiger partial charge is 0.233 e. The summed E-state index contributed by atoms with van der Waals surface area (Å²) in [6.45, 7) is 0.421. The van der Waals surface area contributed by atoms with Crippen molar-refractivity contribution >= 4 is 23.1 Å². The molecular weight excluding hydrogens is 222 g/mol. The summed E-state index contributed by atoms with van der Waals surface area (Å²) >= 11 is 4.90. The lowest BCUT2D eigenvalue weighted by Gasteiger charge is -2.13. The SMILES string of the molecule is NC(=S)C1(C(=O)NCc2ccccn2)CC1. The van der Waals surface area contributed by atoms with Crippen LogP contribution in [0.5, 0.6) is 0 Å². The van der Waals surface area contributed by atoms with Crippen LogP contribution in [0.4, 0.5) is 0 Å². The number of carbonyl (C=O) groups is 1. The molecule has 0 aromatic carbocycles. The number of hydrogen-bond acceptors (Lipinski definition) is 3. The number of carbonyl (C=O) groups excluding carboxylic acids is 1. The number of nitrogens with one attached hydrogen (secondary N) is 1. The van der Waals surface area contributed by atoms with Crippen LogP contribution in [-0.4, -0.2) is 15.9 Å². The van der Waals surface area contributed by atoms with Crippen LogP contribution in [0.2, 0.25) is 0 Å². The van der Waals surface area contributed by atoms with Crippen molar-refractivity contribution in [2.24, 2.45) is 11.1 Å². The van der Waals surface area contributed by atoms with Crippen LogP contribution in [0.15, 0.2) is 24.4 Å². The largest absolute Gasteiger partial charge is 0.392 e. The van der Waals surface area contributed by atoms with Crippen LogP contribution < -0.4 is 11.1 Å². The Morgan fingerprint density at radius 3 is 2.81 bits per heavy atom. The van der Waals surface area contributed by atoms with Crippen molar-refractivity contribution in [1.82, 2.24) is 10.3 Å². The maximum absolute atomic E-state index is 11.8. The molecule has 0 saturated heterocycles. The first-order chi connectivity index (χ1) is 7.65. The van der Waals surface area contributed by atoms with Gasteiger partial charge in [0.1, 0.15) is 0 Å². The second-order valence-corrected chi connectivity index (χ2v) is 4.39. The number of hydrogen-bond donors (Lipinski definition) is 2. The van der Waals surface area contributed by atoms with Gasteiger partial charge in [-0.15, -0.1) is 0 Å². The molecule has 3 N–H and O–H groups in total. The summed E-state index contributed by atoms with van der Waals surface area (Å²) in [7, 11) is 0. The molecule has 0 radical (unpaired) electrons. The van der Waals surface area contributed by atoms with Gasteiger partial charge in [-0.25, -0.2) is 0 Å². The van der Waals surface area contributed by atoms with Gasteiger partial charge in [0.25, 0.3) is 0 Å². The van der Waals surface area contributed by atoms with Gasteiger partial charge in [-0.1, -0.05) is 18.3 Å². The van der Waals surface area contributed by atoms with Crippen LogP contribution >= 0.6 is 12.2 Å². The molecule has 1 fully saturated rings. The third-order valence-corrected chi connectivity index (χ3v) is 3.20. The summed E-state index contributed by atoms with van der Waals surface area (Å²) in [5.74, 6) is -0.0781. The predicted octanol–water partition coefficient (Wildman–Crippen LogP) is 0.764. The fraction of sp³-hybridized carbons (Fsp3) is 0.364. The zero-order chi connectivity index (χ0) is 11.6. The first kappa shape index (κ1) is 11.0. The average molecular weight is 235 g/mol. The predicted molar refractivity (Wildman–Crippen MR) is 64.5 cm³/mol. The minimum absolute atomic E-state index is 0.0781. The van der Waals surface area contributed by atoms with Gasteiger partial charge in [0.05, 0.1) is 22.6 Å². The van der Waals surface area contributed by atoms with E-state index in [9.17, 15) is 4.79 Å². The molecule has 1 heterocycles. The molecule has 0 aliphatic heterocycles. The van der Waals surface area contributed by atoms with E-state index in [4.69, 9.17) is 18.0 Å². The van der Waals surface area contributed by atoms with Crippen molar-refractivity contribution in [3.63, 3.8) is 0 Å². The van der Waals surface area contributed by atoms with Crippen molar-refractivity contribution < 1.29 is 4.79 Å². The second kappa shape index (κ2) is 4.17. The molecule has 1 aromatic rings. The Balaban J connectivity index is 1.92. The maximum Gasteiger partial charge on any atom is 0.233 e. The molecule has 1 aromatic heterocycles. The van der Waals surface area contributed by atoms with Gasteiger partial charge in [-0.05, 0) is 25.0 Å². The van der Waals surface area contributed by atoms with Crippen molar-refractivity contribution in [2.75, 3.05) is 0 Å². The van der Waals surface area contributed by atoms with E-state index >= 15 is 0 Å². The van der Waals surface area contributed by atoms with Crippen LogP contribution in [0.1, 0.15) is 18.5 Å². The Morgan fingerprint density at radius 2 is 2.31 bits per heavy atom. The van der Waals surface area contributed by atoms with Gasteiger partial charge < -0.3 is 11.1 Å². The highest BCUT2D eigenvalue weighted by Crippen LogP contribution is 2.46. The Labute approximate surface area is 99.2 Å². The fourth-order valence-corrected chi connectivity index (χ4v) is 1.85. The van der Waals surface area contributed by atoms with Crippen molar-refractivity contribution in [1.29, 1.82) is 0 Å². The topological polar surface area (TPSA) is 68.0 Å². The number of nitrogens with zero attached hydrogens (tertiary/aromatic N) is 1. The highest BCUT2D eigenvalue weighted by Gasteiger charge is 2.52. The molecule has 16 heavy (non-hydrogen) atoms. The summed E-state index contributed by atoms with van der Waals surface area (Å²) < 4.78 is 0. The third kappa shape index (κ3) is 2.04. The lowest BCUT2D eigenvalue weighted by atomic mass is 10.1. The van der Waals surface area contributed by atoms with E-state index in [0.717, 1.165) is 18.5 Å². The Kier molecular flexibility index (Phi) is 2.87. The van der Waals surface area contributed by atoms with Crippen LogP contribution in [0.3, 0.4) is 0 Å². The number of rotatable bonds is 4. The fourth-order valence-electron chi connectivity index (χ4n) is 1.55. The van der Waals surface area contributed by atoms with E-state index in [1.165, 1.54) is 0 Å². The van der Waals surface area contributed by atoms with Crippen molar-refractivity contribution in [2.45, 2.75) is 19.4 Å². The molecule has 4 nitrogen and oxygen atoms in total. The van der Waals surface area contributed by atoms with Gasteiger partial charge in [-0.2, -0.15) is 0 Å². The zero-order valence-corrected chi connectivity index (χ0v) is 9.59. The van der Waals surface area contributed by atoms with Crippen LogP contribution in [0.25, 0.3) is 0 Å². The second-order valence-electron chi connectivity index (χ2n) is 3.95. The molecule has 0 unspecified atom stereocenters. The van der Waals surface area contributed by atoms with E-state index in [0.29, 0.717) is 11.5 Å². The number of amides is 1. The summed E-state index contributed by atoms with van der Waals surface area (Å²) in [5.41, 5.74) is 5.81. The lowest BCUT2D eigenvalue weighted by Crippen LogP contribution is -2.39. The number of thiocarbonyl (C=S) groups is 1. The molecule has 0 bridgehead atoms. The number of nitrogens with two attached hydrogens (primary N) is 1. The highest BCUT2D eigenvalue weighted by atomic mass is 32.1. The third-order valence-electron chi connectivity index (χ3n) is 2.81. The summed E-state index contributed by atoms with van der Waals surface area (Å²) in [4.78, 5) is 16.3. The molecule has 84 valence electrons. The van der Waals surface area contributed by atoms with Crippen molar-refractivity contribution in [3.8, 4) is 0 Å². The summed E-state index contributed by atoms with van der Waals surface area (Å²) in [6.07, 6.45) is 3.22. The molecule has 2 rings (SSSR count). The first-order valence-corrected chi connectivity index (χ1v) is 5.54. The minimum atomic E-state index is -0.579. The molecule has 1 aliphatic rings. The summed E-state index contributed by atoms with van der Waals surface area (Å²) in [6, 6.07) is 5.58. The lowest BCUT2D eigenvalue weighted by molar-refractivity contribution is -0.124. The van der Waals surface area contributed by atoms with Gasteiger partial charge >= 0.3 is 0 Å². The molecule has 0 atom stereocenters. The maximum atomic E-state index is 11.8. The van der Waals surface area contributed by atoms with Crippen LogP contribution in [-0.2, 0) is 11.3 Å². The van der Waals surface area contributed by atoms with Gasteiger partial charge in [0.2, 0.25) is 5.91 Å². The van der Waals surface area contributed by atoms with E-state index in [2.05, 4.69) is 10.3 Å². The summed E-state index contributed by atoms with van der Waals surface area (Å²) in [5, 5.41) is 2.81. The standard InChI is InChI=1S/C11H13N3OS/c12-9(16)11(4-5-11)10(15)14-7-8-3-1-2-6-13-8/h1-3,6H,4-5,7H2,(H2,12,16)(H,14,15). The monoisotopic (exact) mass is 235 g/mol. The molecule has 1 aliphatic carbocycles. The van der Waals surface area contributed by atoms with Gasteiger partial charge in [0.15, 0.2) is 0 Å². The zero-order valence-electron chi connectivity index (χ0n) is 8.77. The van der Waals surface area contributed by atoms with Gasteiger partial charge in [-0.3, -0.25) is 9.78 Å². The van der Waals surface area contributed by atoms with Crippen molar-refractivity contribution in [3.05, 3.63) is 30.1 Å². The number of aromatic nitrogens is 1. The Bertz CT molecular complexity index is 414. The van der Waals surface area contributed by atoms with E-state index in [1.54, 1.807) is 6.20 Å². The quantitative estimate of drug-likeness (QED) is 0.756. The van der Waals surface area contributed by atoms with E-state index in [1.807, 2.05) is 18.2 Å². The highest BCUT2D eigenvalue weighted by molar-refractivity contribution is 7.80. The average Bonchev–Trinajstić information content (AvgIpc) is 3.08. The van der Waals surface area contributed by atoms with E-state index in [-0.39, 0.29) is 5.91 Å². The number of pyridine rings is 1. The minimum Gasteiger partial charge on any atom is -0.392 e. The van der Waals surface area contributed by atoms with E-state index < -0.39 is 5.41 Å². The molecule has 1 saturated carbocycles. The van der Waals surface area contributed by atoms with Crippen LogP contribution in [0, 0.1) is 5.41 Å². The molecule has 0 spiro atoms. The Morgan fingerprint density at radius 1 is 1.56 bits per heavy atom. The molecular formula is C11H13N3OS. The molecule has 5 heteroatoms. The first-order valence-electron chi connectivity index (χ1n) is 5.13. The van der Waals surface area contributed by atoms with Gasteiger partial charge in [0, 0.05) is 6.20 Å². The normalized spacial score (nSPS) is 16.5. The molecule has 1 amide bonds. The Hall–Kier alpha value is -1.49.